The molecule has 2 rings (SSSR count). The molecular weight excluding hydrogens is 293 g/mol. The van der Waals surface area contributed by atoms with Gasteiger partial charge in [0.05, 0.1) is 0 Å². The van der Waals surface area contributed by atoms with Crippen LogP contribution in [0.25, 0.3) is 0 Å². The molecule has 1 aromatic carbocycles. The fourth-order valence-electron chi connectivity index (χ4n) is 1.97. The first-order valence-corrected chi connectivity index (χ1v) is 7.53. The second-order valence-electron chi connectivity index (χ2n) is 4.70. The molecule has 1 heterocycles. The predicted molar refractivity (Wildman–Crippen MR) is 84.1 cm³/mol. The highest BCUT2D eigenvalue weighted by Crippen LogP contribution is 2.27. The molecule has 20 heavy (non-hydrogen) atoms. The van der Waals surface area contributed by atoms with Gasteiger partial charge in [-0.3, -0.25) is 0 Å². The summed E-state index contributed by atoms with van der Waals surface area (Å²) in [7, 11) is 0. The minimum Gasteiger partial charge on any atom is -0.439 e. The highest BCUT2D eigenvalue weighted by molar-refractivity contribution is 6.30. The van der Waals surface area contributed by atoms with Crippen LogP contribution in [0.5, 0.6) is 11.6 Å². The van der Waals surface area contributed by atoms with E-state index in [1.165, 1.54) is 0 Å². The van der Waals surface area contributed by atoms with Gasteiger partial charge in [-0.05, 0) is 48.7 Å². The Hall–Kier alpha value is -1.25. The summed E-state index contributed by atoms with van der Waals surface area (Å²) in [6.45, 7) is 4.08. The zero-order valence-electron chi connectivity index (χ0n) is 11.6. The number of alkyl halides is 1. The number of halogens is 2. The van der Waals surface area contributed by atoms with Crippen molar-refractivity contribution in [2.24, 2.45) is 0 Å². The maximum atomic E-state index is 5.95. The fourth-order valence-corrected chi connectivity index (χ4v) is 2.35. The van der Waals surface area contributed by atoms with Crippen molar-refractivity contribution in [2.45, 2.75) is 32.6 Å². The Bertz CT molecular complexity index is 599. The van der Waals surface area contributed by atoms with Gasteiger partial charge in [0.1, 0.15) is 5.75 Å². The largest absolute Gasteiger partial charge is 0.439 e. The van der Waals surface area contributed by atoms with Crippen molar-refractivity contribution < 1.29 is 4.74 Å². The number of nitrogens with zero attached hydrogens (tertiary/aromatic N) is 1. The average Bonchev–Trinajstić information content (AvgIpc) is 2.42. The number of rotatable bonds is 5. The third-order valence-electron chi connectivity index (χ3n) is 2.93. The second-order valence-corrected chi connectivity index (χ2v) is 5.40. The van der Waals surface area contributed by atoms with Crippen LogP contribution < -0.4 is 4.74 Å². The Morgan fingerprint density at radius 1 is 1.20 bits per heavy atom. The third kappa shape index (κ3) is 3.87. The van der Waals surface area contributed by atoms with Crippen LogP contribution in [0.3, 0.4) is 0 Å². The molecule has 1 aromatic heterocycles. The molecule has 0 unspecified atom stereocenters. The van der Waals surface area contributed by atoms with Crippen molar-refractivity contribution in [3.8, 4) is 11.6 Å². The standard InChI is InChI=1S/C16H17Cl2NO/c1-3-4-14-8-12(10-17)9-16(19-14)20-15-6-5-13(18)7-11(15)2/h5-9H,3-4,10H2,1-2H3. The molecule has 0 aliphatic heterocycles. The molecule has 0 aliphatic carbocycles. The minimum atomic E-state index is 0.454. The van der Waals surface area contributed by atoms with E-state index >= 15 is 0 Å². The smallest absolute Gasteiger partial charge is 0.219 e. The molecule has 0 saturated heterocycles. The molecule has 0 radical (unpaired) electrons. The van der Waals surface area contributed by atoms with E-state index in [9.17, 15) is 0 Å². The topological polar surface area (TPSA) is 22.1 Å². The first-order valence-electron chi connectivity index (χ1n) is 6.62. The SMILES string of the molecule is CCCc1cc(CCl)cc(Oc2ccc(Cl)cc2C)n1. The Kier molecular flexibility index (Phi) is 5.27. The lowest BCUT2D eigenvalue weighted by molar-refractivity contribution is 0.456. The van der Waals surface area contributed by atoms with Gasteiger partial charge in [-0.2, -0.15) is 0 Å². The maximum Gasteiger partial charge on any atom is 0.219 e. The molecule has 0 aliphatic rings. The highest BCUT2D eigenvalue weighted by atomic mass is 35.5. The van der Waals surface area contributed by atoms with Crippen LogP contribution in [-0.4, -0.2) is 4.98 Å². The Morgan fingerprint density at radius 3 is 2.65 bits per heavy atom. The quantitative estimate of drug-likeness (QED) is 0.678. The molecular formula is C16H17Cl2NO. The number of hydrogen-bond donors (Lipinski definition) is 0. The van der Waals surface area contributed by atoms with Gasteiger partial charge in [0.2, 0.25) is 5.88 Å². The Morgan fingerprint density at radius 2 is 2.00 bits per heavy atom. The van der Waals surface area contributed by atoms with E-state index in [0.717, 1.165) is 35.4 Å². The molecule has 0 fully saturated rings. The molecule has 0 amide bonds. The summed E-state index contributed by atoms with van der Waals surface area (Å²) in [6, 6.07) is 9.43. The number of hydrogen-bond acceptors (Lipinski definition) is 2. The summed E-state index contributed by atoms with van der Waals surface area (Å²) in [5.74, 6) is 1.79. The van der Waals surface area contributed by atoms with Crippen molar-refractivity contribution in [3.05, 3.63) is 52.2 Å². The first kappa shape index (κ1) is 15.1. The van der Waals surface area contributed by atoms with Crippen molar-refractivity contribution in [1.29, 1.82) is 0 Å². The van der Waals surface area contributed by atoms with E-state index in [2.05, 4.69) is 11.9 Å². The van der Waals surface area contributed by atoms with Gasteiger partial charge in [0.25, 0.3) is 0 Å². The zero-order valence-corrected chi connectivity index (χ0v) is 13.1. The van der Waals surface area contributed by atoms with E-state index in [-0.39, 0.29) is 0 Å². The maximum absolute atomic E-state index is 5.95. The monoisotopic (exact) mass is 309 g/mol. The molecule has 0 atom stereocenters. The van der Waals surface area contributed by atoms with Gasteiger partial charge in [0.15, 0.2) is 0 Å². The van der Waals surface area contributed by atoms with Gasteiger partial charge in [0, 0.05) is 22.7 Å². The van der Waals surface area contributed by atoms with E-state index in [1.54, 1.807) is 0 Å². The second kappa shape index (κ2) is 6.96. The molecule has 4 heteroatoms. The lowest BCUT2D eigenvalue weighted by Gasteiger charge is -2.10. The fraction of sp³-hybridized carbons (Fsp3) is 0.312. The number of pyridine rings is 1. The normalized spacial score (nSPS) is 10.6. The van der Waals surface area contributed by atoms with Crippen LogP contribution in [0.1, 0.15) is 30.2 Å². The van der Waals surface area contributed by atoms with Gasteiger partial charge >= 0.3 is 0 Å². The molecule has 2 aromatic rings. The molecule has 2 nitrogen and oxygen atoms in total. The van der Waals surface area contributed by atoms with Crippen LogP contribution in [0.2, 0.25) is 5.02 Å². The van der Waals surface area contributed by atoms with E-state index in [1.807, 2.05) is 37.3 Å². The van der Waals surface area contributed by atoms with Crippen LogP contribution in [0.4, 0.5) is 0 Å². The summed E-state index contributed by atoms with van der Waals surface area (Å²) < 4.78 is 5.87. The van der Waals surface area contributed by atoms with Gasteiger partial charge in [-0.25, -0.2) is 4.98 Å². The highest BCUT2D eigenvalue weighted by Gasteiger charge is 2.07. The molecule has 0 N–H and O–H groups in total. The van der Waals surface area contributed by atoms with Crippen LogP contribution in [0.15, 0.2) is 30.3 Å². The van der Waals surface area contributed by atoms with Crippen LogP contribution in [-0.2, 0) is 12.3 Å². The van der Waals surface area contributed by atoms with Gasteiger partial charge in [-0.15, -0.1) is 11.6 Å². The van der Waals surface area contributed by atoms with E-state index < -0.39 is 0 Å². The molecule has 0 saturated carbocycles. The van der Waals surface area contributed by atoms with Gasteiger partial charge in [-0.1, -0.05) is 24.9 Å². The average molecular weight is 310 g/mol. The lowest BCUT2D eigenvalue weighted by atomic mass is 10.2. The summed E-state index contributed by atoms with van der Waals surface area (Å²) in [4.78, 5) is 4.52. The first-order chi connectivity index (χ1) is 9.62. The van der Waals surface area contributed by atoms with Crippen molar-refractivity contribution >= 4 is 23.2 Å². The third-order valence-corrected chi connectivity index (χ3v) is 3.47. The van der Waals surface area contributed by atoms with E-state index in [0.29, 0.717) is 16.8 Å². The Balaban J connectivity index is 2.29. The summed E-state index contributed by atoms with van der Waals surface area (Å²) in [6.07, 6.45) is 1.96. The van der Waals surface area contributed by atoms with Crippen LogP contribution in [0, 0.1) is 6.92 Å². The van der Waals surface area contributed by atoms with Crippen LogP contribution >= 0.6 is 23.2 Å². The lowest BCUT2D eigenvalue weighted by Crippen LogP contribution is -1.97. The molecule has 0 spiro atoms. The summed E-state index contributed by atoms with van der Waals surface area (Å²) >= 11 is 11.9. The summed E-state index contributed by atoms with van der Waals surface area (Å²) in [5, 5.41) is 0.698. The number of benzene rings is 1. The van der Waals surface area contributed by atoms with Gasteiger partial charge < -0.3 is 4.74 Å². The Labute approximate surface area is 129 Å². The zero-order chi connectivity index (χ0) is 14.5. The summed E-state index contributed by atoms with van der Waals surface area (Å²) in [5.41, 5.74) is 3.01. The number of ether oxygens (including phenoxy) is 1. The van der Waals surface area contributed by atoms with E-state index in [4.69, 9.17) is 27.9 Å². The van der Waals surface area contributed by atoms with Crippen molar-refractivity contribution in [1.82, 2.24) is 4.98 Å². The number of aromatic nitrogens is 1. The predicted octanol–water partition coefficient (Wildman–Crippen LogP) is 5.53. The molecule has 106 valence electrons. The number of aryl methyl sites for hydroxylation is 2. The molecule has 0 bridgehead atoms. The van der Waals surface area contributed by atoms with Crippen molar-refractivity contribution in [3.63, 3.8) is 0 Å². The van der Waals surface area contributed by atoms with Crippen molar-refractivity contribution in [2.75, 3.05) is 0 Å². The minimum absolute atomic E-state index is 0.454.